The molecular weight excluding hydrogens is 252 g/mol. The number of carbonyl (C=O) groups excluding carboxylic acids is 1. The Morgan fingerprint density at radius 2 is 2.28 bits per heavy atom. The van der Waals surface area contributed by atoms with E-state index in [1.165, 1.54) is 37.5 Å². The number of nitrogens with two attached hydrogens (primary N) is 1. The van der Waals surface area contributed by atoms with Gasteiger partial charge in [0, 0.05) is 6.20 Å². The molecule has 92 valence electrons. The van der Waals surface area contributed by atoms with Crippen LogP contribution < -0.4 is 5.73 Å². The number of hydrogen-bond donors (Lipinski definition) is 1. The van der Waals surface area contributed by atoms with Crippen molar-refractivity contribution in [2.24, 2.45) is 0 Å². The third-order valence-electron chi connectivity index (χ3n) is 2.03. The van der Waals surface area contributed by atoms with Crippen LogP contribution in [0.25, 0.3) is 0 Å². The fourth-order valence-electron chi connectivity index (χ4n) is 1.24. The van der Waals surface area contributed by atoms with Crippen LogP contribution in [0.5, 0.6) is 0 Å². The normalized spacial score (nSPS) is 10.1. The predicted molar refractivity (Wildman–Crippen MR) is 66.1 cm³/mol. The van der Waals surface area contributed by atoms with Crippen molar-refractivity contribution in [3.05, 3.63) is 36.4 Å². The molecule has 0 amide bonds. The summed E-state index contributed by atoms with van der Waals surface area (Å²) in [5.74, 6) is -0.480. The zero-order valence-electron chi connectivity index (χ0n) is 9.53. The maximum absolute atomic E-state index is 11.6. The van der Waals surface area contributed by atoms with Crippen LogP contribution in [0.3, 0.4) is 0 Å². The highest BCUT2D eigenvalue weighted by molar-refractivity contribution is 7.99. The van der Waals surface area contributed by atoms with Gasteiger partial charge in [-0.05, 0) is 23.9 Å². The lowest BCUT2D eigenvalue weighted by Crippen LogP contribution is -2.05. The Kier molecular flexibility index (Phi) is 3.73. The zero-order valence-corrected chi connectivity index (χ0v) is 10.3. The molecule has 2 rings (SSSR count). The summed E-state index contributed by atoms with van der Waals surface area (Å²) < 4.78 is 4.69. The standard InChI is InChI=1S/C11H10N4O2S/c1-17-11(16)8-4-7(12)5-14-10(8)18-9-2-3-13-6-15-9/h2-6H,12H2,1H3. The van der Waals surface area contributed by atoms with Gasteiger partial charge in [0.2, 0.25) is 0 Å². The third-order valence-corrected chi connectivity index (χ3v) is 3.00. The average molecular weight is 262 g/mol. The second kappa shape index (κ2) is 5.46. The molecule has 0 unspecified atom stereocenters. The van der Waals surface area contributed by atoms with Crippen LogP contribution >= 0.6 is 11.8 Å². The number of hydrogen-bond acceptors (Lipinski definition) is 7. The number of nitrogens with zero attached hydrogens (tertiary/aromatic N) is 3. The van der Waals surface area contributed by atoms with Crippen LogP contribution in [-0.4, -0.2) is 28.0 Å². The summed E-state index contributed by atoms with van der Waals surface area (Å²) >= 11 is 1.25. The molecule has 0 aliphatic heterocycles. The highest BCUT2D eigenvalue weighted by Crippen LogP contribution is 2.28. The molecule has 0 spiro atoms. The first kappa shape index (κ1) is 12.3. The van der Waals surface area contributed by atoms with E-state index in [2.05, 4.69) is 19.7 Å². The molecule has 0 aromatic carbocycles. The molecule has 2 aromatic heterocycles. The van der Waals surface area contributed by atoms with Crippen molar-refractivity contribution in [1.29, 1.82) is 0 Å². The van der Waals surface area contributed by atoms with Crippen LogP contribution in [0, 0.1) is 0 Å². The minimum atomic E-state index is -0.480. The number of anilines is 1. The van der Waals surface area contributed by atoms with Gasteiger partial charge in [-0.25, -0.2) is 19.7 Å². The first-order valence-electron chi connectivity index (χ1n) is 4.98. The molecule has 0 atom stereocenters. The Hall–Kier alpha value is -2.15. The molecule has 18 heavy (non-hydrogen) atoms. The maximum Gasteiger partial charge on any atom is 0.340 e. The lowest BCUT2D eigenvalue weighted by molar-refractivity contribution is 0.0596. The van der Waals surface area contributed by atoms with Crippen LogP contribution in [0.15, 0.2) is 40.9 Å². The molecule has 0 aliphatic carbocycles. The summed E-state index contributed by atoms with van der Waals surface area (Å²) in [5.41, 5.74) is 6.33. The predicted octanol–water partition coefficient (Wildman–Crippen LogP) is 1.39. The van der Waals surface area contributed by atoms with Gasteiger partial charge >= 0.3 is 5.97 Å². The van der Waals surface area contributed by atoms with Crippen molar-refractivity contribution in [2.45, 2.75) is 10.1 Å². The lowest BCUT2D eigenvalue weighted by atomic mass is 10.3. The number of aromatic nitrogens is 3. The van der Waals surface area contributed by atoms with Crippen LogP contribution in [0.1, 0.15) is 10.4 Å². The summed E-state index contributed by atoms with van der Waals surface area (Å²) in [7, 11) is 1.31. The maximum atomic E-state index is 11.6. The van der Waals surface area contributed by atoms with E-state index in [4.69, 9.17) is 5.73 Å². The van der Waals surface area contributed by atoms with E-state index in [0.717, 1.165) is 0 Å². The fraction of sp³-hybridized carbons (Fsp3) is 0.0909. The molecule has 7 heteroatoms. The lowest BCUT2D eigenvalue weighted by Gasteiger charge is -2.06. The molecule has 0 radical (unpaired) electrons. The van der Waals surface area contributed by atoms with Gasteiger partial charge in [0.25, 0.3) is 0 Å². The molecule has 2 aromatic rings. The first-order valence-corrected chi connectivity index (χ1v) is 5.80. The number of esters is 1. The molecule has 0 fully saturated rings. The second-order valence-corrected chi connectivity index (χ2v) is 4.27. The molecule has 0 aliphatic rings. The Labute approximate surface area is 108 Å². The Morgan fingerprint density at radius 1 is 1.44 bits per heavy atom. The van der Waals surface area contributed by atoms with Gasteiger partial charge in [0.15, 0.2) is 0 Å². The Morgan fingerprint density at radius 3 is 2.94 bits per heavy atom. The highest BCUT2D eigenvalue weighted by atomic mass is 32.2. The summed E-state index contributed by atoms with van der Waals surface area (Å²) in [4.78, 5) is 23.6. The van der Waals surface area contributed by atoms with Gasteiger partial charge in [-0.15, -0.1) is 0 Å². The summed E-state index contributed by atoms with van der Waals surface area (Å²) in [6.07, 6.45) is 4.53. The first-order chi connectivity index (χ1) is 8.70. The van der Waals surface area contributed by atoms with E-state index in [9.17, 15) is 4.79 Å². The largest absolute Gasteiger partial charge is 0.465 e. The van der Waals surface area contributed by atoms with Crippen molar-refractivity contribution < 1.29 is 9.53 Å². The van der Waals surface area contributed by atoms with Gasteiger partial charge < -0.3 is 10.5 Å². The second-order valence-electron chi connectivity index (χ2n) is 3.26. The van der Waals surface area contributed by atoms with E-state index < -0.39 is 5.97 Å². The van der Waals surface area contributed by atoms with Crippen molar-refractivity contribution in [3.63, 3.8) is 0 Å². The van der Waals surface area contributed by atoms with Gasteiger partial charge in [-0.1, -0.05) is 0 Å². The van der Waals surface area contributed by atoms with E-state index in [-0.39, 0.29) is 0 Å². The smallest absolute Gasteiger partial charge is 0.340 e. The van der Waals surface area contributed by atoms with E-state index in [1.807, 2.05) is 0 Å². The molecular formula is C11H10N4O2S. The Bertz CT molecular complexity index is 562. The van der Waals surface area contributed by atoms with Gasteiger partial charge in [0.05, 0.1) is 24.6 Å². The SMILES string of the molecule is COC(=O)c1cc(N)cnc1Sc1ccncn1. The number of carbonyl (C=O) groups is 1. The van der Waals surface area contributed by atoms with Crippen molar-refractivity contribution in [3.8, 4) is 0 Å². The highest BCUT2D eigenvalue weighted by Gasteiger charge is 2.15. The van der Waals surface area contributed by atoms with E-state index in [0.29, 0.717) is 21.3 Å². The van der Waals surface area contributed by atoms with Crippen molar-refractivity contribution >= 4 is 23.4 Å². The van der Waals surface area contributed by atoms with Crippen LogP contribution in [0.4, 0.5) is 5.69 Å². The number of methoxy groups -OCH3 is 1. The average Bonchev–Trinajstić information content (AvgIpc) is 2.41. The van der Waals surface area contributed by atoms with Crippen molar-refractivity contribution in [2.75, 3.05) is 12.8 Å². The van der Waals surface area contributed by atoms with Gasteiger partial charge in [0.1, 0.15) is 16.4 Å². The molecule has 0 bridgehead atoms. The van der Waals surface area contributed by atoms with E-state index in [1.54, 1.807) is 12.3 Å². The molecule has 0 saturated heterocycles. The summed E-state index contributed by atoms with van der Waals surface area (Å²) in [6.45, 7) is 0. The quantitative estimate of drug-likeness (QED) is 0.660. The molecule has 0 saturated carbocycles. The fourth-order valence-corrected chi connectivity index (χ4v) is 2.03. The monoisotopic (exact) mass is 262 g/mol. The topological polar surface area (TPSA) is 91.0 Å². The number of nitrogen functional groups attached to an aromatic ring is 1. The van der Waals surface area contributed by atoms with Gasteiger partial charge in [-0.3, -0.25) is 0 Å². The Balaban J connectivity index is 2.35. The minimum Gasteiger partial charge on any atom is -0.465 e. The minimum absolute atomic E-state index is 0.320. The molecule has 2 heterocycles. The molecule has 6 nitrogen and oxygen atoms in total. The zero-order chi connectivity index (χ0) is 13.0. The third kappa shape index (κ3) is 2.75. The van der Waals surface area contributed by atoms with Crippen LogP contribution in [0.2, 0.25) is 0 Å². The van der Waals surface area contributed by atoms with Gasteiger partial charge in [-0.2, -0.15) is 0 Å². The number of ether oxygens (including phenoxy) is 1. The van der Waals surface area contributed by atoms with E-state index >= 15 is 0 Å². The molecule has 2 N–H and O–H groups in total. The van der Waals surface area contributed by atoms with Crippen molar-refractivity contribution in [1.82, 2.24) is 15.0 Å². The number of rotatable bonds is 3. The van der Waals surface area contributed by atoms with Crippen LogP contribution in [-0.2, 0) is 4.74 Å². The summed E-state index contributed by atoms with van der Waals surface area (Å²) in [6, 6.07) is 3.26. The summed E-state index contributed by atoms with van der Waals surface area (Å²) in [5, 5.41) is 1.18. The number of pyridine rings is 1.